The van der Waals surface area contributed by atoms with E-state index in [-0.39, 0.29) is 11.9 Å². The van der Waals surface area contributed by atoms with E-state index < -0.39 is 0 Å². The number of fused-ring (bicyclic) bond motifs is 1. The summed E-state index contributed by atoms with van der Waals surface area (Å²) in [5.41, 5.74) is 2.92. The summed E-state index contributed by atoms with van der Waals surface area (Å²) in [5, 5.41) is 5.66. The number of nitrogens with two attached hydrogens (primary N) is 1. The van der Waals surface area contributed by atoms with E-state index in [1.54, 1.807) is 0 Å². The number of quaternary nitrogens is 1. The molecule has 0 radical (unpaired) electrons. The zero-order chi connectivity index (χ0) is 14.1. The van der Waals surface area contributed by atoms with Gasteiger partial charge in [-0.2, -0.15) is 0 Å². The highest BCUT2D eigenvalue weighted by Gasteiger charge is 2.27. The third-order valence-corrected chi connectivity index (χ3v) is 4.24. The van der Waals surface area contributed by atoms with E-state index >= 15 is 0 Å². The Labute approximate surface area is 130 Å². The minimum Gasteiger partial charge on any atom is -0.328 e. The smallest absolute Gasteiger partial charge is 0.279 e. The fraction of sp³-hybridized carbons (Fsp3) is 0.133. The van der Waals surface area contributed by atoms with Gasteiger partial charge >= 0.3 is 0 Å². The van der Waals surface area contributed by atoms with Crippen molar-refractivity contribution >= 4 is 39.1 Å². The van der Waals surface area contributed by atoms with Crippen LogP contribution in [0.15, 0.2) is 46.9 Å². The van der Waals surface area contributed by atoms with E-state index in [0.29, 0.717) is 11.6 Å². The molecule has 0 aliphatic carbocycles. The fourth-order valence-electron chi connectivity index (χ4n) is 2.48. The predicted molar refractivity (Wildman–Crippen MR) is 82.9 cm³/mol. The molecule has 102 valence electrons. The second-order valence-electron chi connectivity index (χ2n) is 4.72. The molecule has 3 rings (SSSR count). The van der Waals surface area contributed by atoms with Gasteiger partial charge in [-0.3, -0.25) is 4.79 Å². The van der Waals surface area contributed by atoms with Crippen molar-refractivity contribution in [1.82, 2.24) is 0 Å². The van der Waals surface area contributed by atoms with Gasteiger partial charge in [0.1, 0.15) is 6.04 Å². The van der Waals surface area contributed by atoms with Gasteiger partial charge in [0.2, 0.25) is 0 Å². The van der Waals surface area contributed by atoms with Gasteiger partial charge in [0.25, 0.3) is 5.91 Å². The van der Waals surface area contributed by atoms with Crippen LogP contribution in [0.1, 0.15) is 17.2 Å². The van der Waals surface area contributed by atoms with Gasteiger partial charge in [-0.1, -0.05) is 45.7 Å². The van der Waals surface area contributed by atoms with Crippen molar-refractivity contribution in [2.45, 2.75) is 6.04 Å². The van der Waals surface area contributed by atoms with Gasteiger partial charge in [0.15, 0.2) is 6.54 Å². The van der Waals surface area contributed by atoms with Crippen LogP contribution in [0.5, 0.6) is 0 Å². The van der Waals surface area contributed by atoms with Gasteiger partial charge in [0, 0.05) is 15.6 Å². The Morgan fingerprint density at radius 2 is 2.00 bits per heavy atom. The predicted octanol–water partition coefficient (Wildman–Crippen LogP) is 2.71. The van der Waals surface area contributed by atoms with Crippen LogP contribution >= 0.6 is 27.5 Å². The van der Waals surface area contributed by atoms with Crippen molar-refractivity contribution in [2.24, 2.45) is 0 Å². The topological polar surface area (TPSA) is 45.7 Å². The van der Waals surface area contributed by atoms with Gasteiger partial charge in [0.05, 0.1) is 10.7 Å². The monoisotopic (exact) mass is 351 g/mol. The lowest BCUT2D eigenvalue weighted by Gasteiger charge is -2.17. The first-order valence-electron chi connectivity index (χ1n) is 6.32. The van der Waals surface area contributed by atoms with Crippen molar-refractivity contribution in [3.05, 3.63) is 63.1 Å². The number of hydrogen-bond donors (Lipinski definition) is 2. The number of amides is 1. The van der Waals surface area contributed by atoms with Crippen LogP contribution in [0.2, 0.25) is 5.02 Å². The second kappa shape index (κ2) is 5.56. The van der Waals surface area contributed by atoms with Gasteiger partial charge < -0.3 is 10.6 Å². The van der Waals surface area contributed by atoms with E-state index in [1.165, 1.54) is 0 Å². The summed E-state index contributed by atoms with van der Waals surface area (Å²) in [6.45, 7) is 0.377. The number of nitrogens with one attached hydrogen (secondary N) is 1. The maximum absolute atomic E-state index is 11.8. The number of halogens is 2. The normalized spacial score (nSPS) is 18.1. The Morgan fingerprint density at radius 1 is 1.20 bits per heavy atom. The average molecular weight is 353 g/mol. The molecule has 2 aromatic rings. The number of anilines is 1. The largest absolute Gasteiger partial charge is 0.328 e. The van der Waals surface area contributed by atoms with Crippen molar-refractivity contribution in [1.29, 1.82) is 0 Å². The summed E-state index contributed by atoms with van der Waals surface area (Å²) < 4.78 is 0.984. The number of carbonyl (C=O) groups excluding carboxylic acids is 1. The quantitative estimate of drug-likeness (QED) is 0.814. The van der Waals surface area contributed by atoms with E-state index in [1.807, 2.05) is 47.8 Å². The molecule has 0 saturated heterocycles. The molecule has 5 heteroatoms. The first-order chi connectivity index (χ1) is 9.65. The van der Waals surface area contributed by atoms with Gasteiger partial charge in [-0.25, -0.2) is 0 Å². The molecule has 1 heterocycles. The molecule has 1 amide bonds. The molecule has 0 aromatic heterocycles. The third-order valence-electron chi connectivity index (χ3n) is 3.40. The van der Waals surface area contributed by atoms with Gasteiger partial charge in [-0.05, 0) is 24.3 Å². The zero-order valence-electron chi connectivity index (χ0n) is 10.6. The standard InChI is InChI=1S/C15H12BrClN2O/c16-9-5-6-13-11(7-9)15(18-8-14(20)19-13)10-3-1-2-4-12(10)17/h1-7,15,18H,8H2,(H,19,20)/p+1/t15-/m0/s1. The lowest BCUT2D eigenvalue weighted by Crippen LogP contribution is -2.86. The van der Waals surface area contributed by atoms with Crippen LogP contribution in [-0.2, 0) is 4.79 Å². The zero-order valence-corrected chi connectivity index (χ0v) is 12.9. The summed E-state index contributed by atoms with van der Waals surface area (Å²) in [5.74, 6) is 0.00289. The third kappa shape index (κ3) is 2.59. The fourth-order valence-corrected chi connectivity index (χ4v) is 3.11. The van der Waals surface area contributed by atoms with Crippen LogP contribution in [0.25, 0.3) is 0 Å². The summed E-state index contributed by atoms with van der Waals surface area (Å²) in [6.07, 6.45) is 0. The molecular formula is C15H13BrClN2O+. The Morgan fingerprint density at radius 3 is 2.80 bits per heavy atom. The van der Waals surface area contributed by atoms with Crippen molar-refractivity contribution in [2.75, 3.05) is 11.9 Å². The Bertz CT molecular complexity index is 675. The Kier molecular flexibility index (Phi) is 3.78. The molecule has 0 unspecified atom stereocenters. The van der Waals surface area contributed by atoms with E-state index in [0.717, 1.165) is 21.3 Å². The molecule has 1 aliphatic rings. The SMILES string of the molecule is O=C1C[NH2+][C@@H](c2ccccc2Cl)c2cc(Br)ccc2N1. The van der Waals surface area contributed by atoms with Crippen molar-refractivity contribution < 1.29 is 10.1 Å². The van der Waals surface area contributed by atoms with Crippen LogP contribution < -0.4 is 10.6 Å². The highest BCUT2D eigenvalue weighted by molar-refractivity contribution is 9.10. The molecule has 0 fully saturated rings. The van der Waals surface area contributed by atoms with Crippen LogP contribution in [0, 0.1) is 0 Å². The van der Waals surface area contributed by atoms with Crippen LogP contribution in [-0.4, -0.2) is 12.5 Å². The van der Waals surface area contributed by atoms with Crippen molar-refractivity contribution in [3.63, 3.8) is 0 Å². The molecule has 0 bridgehead atoms. The first kappa shape index (κ1) is 13.6. The molecule has 0 spiro atoms. The molecular weight excluding hydrogens is 340 g/mol. The molecule has 20 heavy (non-hydrogen) atoms. The molecule has 0 saturated carbocycles. The number of rotatable bonds is 1. The van der Waals surface area contributed by atoms with E-state index in [9.17, 15) is 4.79 Å². The number of hydrogen-bond acceptors (Lipinski definition) is 1. The molecule has 3 N–H and O–H groups in total. The lowest BCUT2D eigenvalue weighted by molar-refractivity contribution is -0.675. The van der Waals surface area contributed by atoms with Crippen molar-refractivity contribution in [3.8, 4) is 0 Å². The maximum Gasteiger partial charge on any atom is 0.279 e. The van der Waals surface area contributed by atoms with E-state index in [2.05, 4.69) is 21.2 Å². The molecule has 1 atom stereocenters. The Hall–Kier alpha value is -1.36. The summed E-state index contributed by atoms with van der Waals surface area (Å²) in [4.78, 5) is 11.8. The summed E-state index contributed by atoms with van der Waals surface area (Å²) >= 11 is 9.81. The minimum absolute atomic E-state index is 0.00289. The average Bonchev–Trinajstić information content (AvgIpc) is 2.58. The molecule has 3 nitrogen and oxygen atoms in total. The Balaban J connectivity index is 2.15. The maximum atomic E-state index is 11.8. The first-order valence-corrected chi connectivity index (χ1v) is 7.49. The lowest BCUT2D eigenvalue weighted by atomic mass is 9.97. The molecule has 2 aromatic carbocycles. The van der Waals surface area contributed by atoms with Crippen LogP contribution in [0.4, 0.5) is 5.69 Å². The van der Waals surface area contributed by atoms with Gasteiger partial charge in [-0.15, -0.1) is 0 Å². The summed E-state index contributed by atoms with van der Waals surface area (Å²) in [6, 6.07) is 13.6. The second-order valence-corrected chi connectivity index (χ2v) is 6.04. The molecule has 1 aliphatic heterocycles. The highest BCUT2D eigenvalue weighted by Crippen LogP contribution is 2.32. The summed E-state index contributed by atoms with van der Waals surface area (Å²) in [7, 11) is 0. The number of benzene rings is 2. The van der Waals surface area contributed by atoms with Crippen LogP contribution in [0.3, 0.4) is 0 Å². The minimum atomic E-state index is 0.00289. The number of carbonyl (C=O) groups is 1. The highest BCUT2D eigenvalue weighted by atomic mass is 79.9. The van der Waals surface area contributed by atoms with E-state index in [4.69, 9.17) is 11.6 Å².